The second kappa shape index (κ2) is 5.58. The highest BCUT2D eigenvalue weighted by Gasteiger charge is 2.18. The third-order valence-electron chi connectivity index (χ3n) is 4.32. The minimum absolute atomic E-state index is 0.0426. The van der Waals surface area contributed by atoms with Gasteiger partial charge in [0, 0.05) is 23.7 Å². The first-order valence-electron chi connectivity index (χ1n) is 8.33. The van der Waals surface area contributed by atoms with E-state index in [1.54, 1.807) is 12.3 Å². The van der Waals surface area contributed by atoms with Gasteiger partial charge in [-0.1, -0.05) is 20.8 Å². The first-order valence-corrected chi connectivity index (χ1v) is 8.33. The molecule has 0 atom stereocenters. The number of aromatic nitrogens is 3. The van der Waals surface area contributed by atoms with Gasteiger partial charge in [-0.15, -0.1) is 0 Å². The standard InChI is InChI=1S/C19H20N4O2/c1-19(2,3)15-6-4-12(10-20-15)18(24)22-16-11-23-13-8-9-25-14(13)5-7-17(23)21-16/h4-7,10-11H,8-9H2,1-3H3,(H,22,24). The van der Waals surface area contributed by atoms with E-state index in [-0.39, 0.29) is 11.3 Å². The molecule has 6 heteroatoms. The van der Waals surface area contributed by atoms with Crippen molar-refractivity contribution in [3.8, 4) is 5.75 Å². The fraction of sp³-hybridized carbons (Fsp3) is 0.316. The number of pyridine rings is 2. The Hall–Kier alpha value is -2.89. The molecule has 128 valence electrons. The molecule has 1 aliphatic heterocycles. The summed E-state index contributed by atoms with van der Waals surface area (Å²) >= 11 is 0. The SMILES string of the molecule is CC(C)(C)c1ccc(C(=O)Nc2cn3c4c(ccc3n2)OCC4)cn1. The maximum atomic E-state index is 12.5. The fourth-order valence-electron chi connectivity index (χ4n) is 2.95. The fourth-order valence-corrected chi connectivity index (χ4v) is 2.95. The van der Waals surface area contributed by atoms with Crippen LogP contribution >= 0.6 is 0 Å². The Morgan fingerprint density at radius 3 is 2.80 bits per heavy atom. The summed E-state index contributed by atoms with van der Waals surface area (Å²) < 4.78 is 7.53. The van der Waals surface area contributed by atoms with Gasteiger partial charge in [-0.05, 0) is 24.3 Å². The second-order valence-corrected chi connectivity index (χ2v) is 7.23. The molecule has 0 fully saturated rings. The second-order valence-electron chi connectivity index (χ2n) is 7.23. The van der Waals surface area contributed by atoms with Crippen LogP contribution in [0.4, 0.5) is 5.82 Å². The van der Waals surface area contributed by atoms with Crippen molar-refractivity contribution in [3.05, 3.63) is 53.6 Å². The minimum Gasteiger partial charge on any atom is -0.491 e. The number of nitrogens with zero attached hydrogens (tertiary/aromatic N) is 3. The molecule has 4 heterocycles. The first-order chi connectivity index (χ1) is 11.9. The summed E-state index contributed by atoms with van der Waals surface area (Å²) in [6.07, 6.45) is 4.28. The van der Waals surface area contributed by atoms with E-state index in [4.69, 9.17) is 4.74 Å². The van der Waals surface area contributed by atoms with Gasteiger partial charge in [0.25, 0.3) is 5.91 Å². The van der Waals surface area contributed by atoms with Gasteiger partial charge >= 0.3 is 0 Å². The molecule has 6 nitrogen and oxygen atoms in total. The Kier molecular flexibility index (Phi) is 3.49. The molecule has 1 aliphatic rings. The summed E-state index contributed by atoms with van der Waals surface area (Å²) in [5, 5.41) is 2.85. The average Bonchev–Trinajstić information content (AvgIpc) is 3.19. The molecule has 0 saturated carbocycles. The van der Waals surface area contributed by atoms with E-state index >= 15 is 0 Å². The van der Waals surface area contributed by atoms with Crippen molar-refractivity contribution in [2.45, 2.75) is 32.6 Å². The summed E-state index contributed by atoms with van der Waals surface area (Å²) in [5.74, 6) is 1.18. The topological polar surface area (TPSA) is 68.5 Å². The molecule has 3 aromatic heterocycles. The van der Waals surface area contributed by atoms with E-state index in [1.807, 2.05) is 28.8 Å². The van der Waals surface area contributed by atoms with Gasteiger partial charge in [0.2, 0.25) is 0 Å². The average molecular weight is 336 g/mol. The molecular formula is C19H20N4O2. The number of ether oxygens (including phenoxy) is 1. The molecule has 0 aliphatic carbocycles. The van der Waals surface area contributed by atoms with Crippen LogP contribution in [0.5, 0.6) is 5.75 Å². The number of rotatable bonds is 2. The minimum atomic E-state index is -0.218. The van der Waals surface area contributed by atoms with Crippen LogP contribution in [0.2, 0.25) is 0 Å². The molecule has 0 unspecified atom stereocenters. The lowest BCUT2D eigenvalue weighted by molar-refractivity contribution is 0.102. The normalized spacial score (nSPS) is 13.6. The van der Waals surface area contributed by atoms with E-state index in [2.05, 4.69) is 36.1 Å². The lowest BCUT2D eigenvalue weighted by Gasteiger charge is -2.17. The molecule has 4 rings (SSSR count). The molecule has 0 bridgehead atoms. The van der Waals surface area contributed by atoms with Gasteiger partial charge < -0.3 is 10.1 Å². The van der Waals surface area contributed by atoms with Gasteiger partial charge in [0.15, 0.2) is 5.82 Å². The number of carbonyl (C=O) groups excluding carboxylic acids is 1. The van der Waals surface area contributed by atoms with Crippen molar-refractivity contribution in [1.29, 1.82) is 0 Å². The molecule has 1 amide bonds. The van der Waals surface area contributed by atoms with E-state index in [0.717, 1.165) is 29.2 Å². The van der Waals surface area contributed by atoms with E-state index in [9.17, 15) is 4.79 Å². The van der Waals surface area contributed by atoms with Crippen LogP contribution in [0.1, 0.15) is 42.5 Å². The van der Waals surface area contributed by atoms with Crippen molar-refractivity contribution in [2.24, 2.45) is 0 Å². The van der Waals surface area contributed by atoms with Gasteiger partial charge in [-0.2, -0.15) is 0 Å². The van der Waals surface area contributed by atoms with Crippen molar-refractivity contribution >= 4 is 17.4 Å². The van der Waals surface area contributed by atoms with Crippen LogP contribution < -0.4 is 10.1 Å². The maximum Gasteiger partial charge on any atom is 0.258 e. The predicted molar refractivity (Wildman–Crippen MR) is 95.3 cm³/mol. The first kappa shape index (κ1) is 15.6. The number of hydrogen-bond donors (Lipinski definition) is 1. The zero-order chi connectivity index (χ0) is 17.6. The highest BCUT2D eigenvalue weighted by molar-refractivity contribution is 6.03. The molecule has 0 spiro atoms. The number of carbonyl (C=O) groups is 1. The van der Waals surface area contributed by atoms with Gasteiger partial charge in [0.1, 0.15) is 11.4 Å². The summed E-state index contributed by atoms with van der Waals surface area (Å²) in [6.45, 7) is 6.95. The highest BCUT2D eigenvalue weighted by atomic mass is 16.5. The van der Waals surface area contributed by atoms with Crippen LogP contribution in [0.3, 0.4) is 0 Å². The number of amides is 1. The van der Waals surface area contributed by atoms with Crippen LogP contribution in [-0.2, 0) is 11.8 Å². The Bertz CT molecular complexity index is 952. The third kappa shape index (κ3) is 2.84. The van der Waals surface area contributed by atoms with Crippen molar-refractivity contribution in [1.82, 2.24) is 14.4 Å². The quantitative estimate of drug-likeness (QED) is 0.780. The number of hydrogen-bond acceptors (Lipinski definition) is 4. The van der Waals surface area contributed by atoms with E-state index in [0.29, 0.717) is 18.0 Å². The monoisotopic (exact) mass is 336 g/mol. The summed E-state index contributed by atoms with van der Waals surface area (Å²) in [6, 6.07) is 7.50. The molecular weight excluding hydrogens is 316 g/mol. The van der Waals surface area contributed by atoms with Crippen molar-refractivity contribution in [3.63, 3.8) is 0 Å². The Morgan fingerprint density at radius 2 is 2.08 bits per heavy atom. The lowest BCUT2D eigenvalue weighted by atomic mass is 9.91. The van der Waals surface area contributed by atoms with Crippen molar-refractivity contribution in [2.75, 3.05) is 11.9 Å². The number of fused-ring (bicyclic) bond motifs is 3. The molecule has 1 N–H and O–H groups in total. The lowest BCUT2D eigenvalue weighted by Crippen LogP contribution is -2.16. The maximum absolute atomic E-state index is 12.5. The number of imidazole rings is 1. The molecule has 25 heavy (non-hydrogen) atoms. The Labute approximate surface area is 145 Å². The van der Waals surface area contributed by atoms with E-state index < -0.39 is 0 Å². The highest BCUT2D eigenvalue weighted by Crippen LogP contribution is 2.27. The summed E-state index contributed by atoms with van der Waals surface area (Å²) in [5.41, 5.74) is 3.30. The number of anilines is 1. The Balaban J connectivity index is 1.58. The largest absolute Gasteiger partial charge is 0.491 e. The smallest absolute Gasteiger partial charge is 0.258 e. The summed E-state index contributed by atoms with van der Waals surface area (Å²) in [7, 11) is 0. The molecule has 3 aromatic rings. The summed E-state index contributed by atoms with van der Waals surface area (Å²) in [4.78, 5) is 21.3. The predicted octanol–water partition coefficient (Wildman–Crippen LogP) is 3.21. The van der Waals surface area contributed by atoms with Crippen LogP contribution in [-0.4, -0.2) is 26.9 Å². The Morgan fingerprint density at radius 1 is 1.24 bits per heavy atom. The van der Waals surface area contributed by atoms with E-state index in [1.165, 1.54) is 0 Å². The van der Waals surface area contributed by atoms with Gasteiger partial charge in [0.05, 0.1) is 24.1 Å². The van der Waals surface area contributed by atoms with Crippen LogP contribution in [0.15, 0.2) is 36.7 Å². The zero-order valence-corrected chi connectivity index (χ0v) is 14.5. The molecule has 0 radical (unpaired) electrons. The number of nitrogens with one attached hydrogen (secondary N) is 1. The van der Waals surface area contributed by atoms with Crippen LogP contribution in [0, 0.1) is 0 Å². The third-order valence-corrected chi connectivity index (χ3v) is 4.32. The zero-order valence-electron chi connectivity index (χ0n) is 14.5. The molecule has 0 aromatic carbocycles. The van der Waals surface area contributed by atoms with Gasteiger partial charge in [-0.3, -0.25) is 14.2 Å². The van der Waals surface area contributed by atoms with Gasteiger partial charge in [-0.25, -0.2) is 4.98 Å². The van der Waals surface area contributed by atoms with Crippen molar-refractivity contribution < 1.29 is 9.53 Å². The molecule has 0 saturated heterocycles. The van der Waals surface area contributed by atoms with Crippen LogP contribution in [0.25, 0.3) is 5.65 Å².